The highest BCUT2D eigenvalue weighted by Gasteiger charge is 2.35. The van der Waals surface area contributed by atoms with Crippen LogP contribution in [0.4, 0.5) is 18.9 Å². The summed E-state index contributed by atoms with van der Waals surface area (Å²) in [5, 5.41) is 2.68. The Hall–Kier alpha value is -2.06. The number of carbonyl (C=O) groups excluding carboxylic acids is 1. The molecule has 4 nitrogen and oxygen atoms in total. The zero-order valence-corrected chi connectivity index (χ0v) is 18.4. The van der Waals surface area contributed by atoms with Gasteiger partial charge < -0.3 is 15.0 Å². The molecule has 2 aromatic carbocycles. The lowest BCUT2D eigenvalue weighted by atomic mass is 9.83. The lowest BCUT2D eigenvalue weighted by Crippen LogP contribution is -2.40. The van der Waals surface area contributed by atoms with Gasteiger partial charge in [0.05, 0.1) is 24.2 Å². The number of halogens is 4. The summed E-state index contributed by atoms with van der Waals surface area (Å²) in [6.07, 6.45) is -4.51. The molecule has 8 heteroatoms. The number of morpholine rings is 1. The van der Waals surface area contributed by atoms with Gasteiger partial charge in [-0.15, -0.1) is 0 Å². The normalized spacial score (nSPS) is 15.2. The fraction of sp³-hybridized carbons (Fsp3) is 0.409. The predicted molar refractivity (Wildman–Crippen MR) is 113 cm³/mol. The second kappa shape index (κ2) is 8.98. The molecule has 1 aliphatic heterocycles. The van der Waals surface area contributed by atoms with Gasteiger partial charge in [-0.25, -0.2) is 0 Å². The molecule has 0 aliphatic carbocycles. The van der Waals surface area contributed by atoms with E-state index in [1.54, 1.807) is 19.9 Å². The van der Waals surface area contributed by atoms with Gasteiger partial charge >= 0.3 is 6.18 Å². The van der Waals surface area contributed by atoms with Crippen molar-refractivity contribution in [1.29, 1.82) is 0 Å². The Labute approximate surface area is 182 Å². The van der Waals surface area contributed by atoms with Gasteiger partial charge in [0.2, 0.25) is 5.91 Å². The van der Waals surface area contributed by atoms with E-state index in [9.17, 15) is 18.0 Å². The molecule has 3 rings (SSSR count). The van der Waals surface area contributed by atoms with Crippen LogP contribution in [0.25, 0.3) is 0 Å². The molecule has 0 saturated carbocycles. The third kappa shape index (κ3) is 5.16. The van der Waals surface area contributed by atoms with Crippen molar-refractivity contribution in [3.8, 4) is 0 Å². The molecule has 0 aromatic heterocycles. The van der Waals surface area contributed by atoms with Crippen molar-refractivity contribution < 1.29 is 22.7 Å². The fourth-order valence-electron chi connectivity index (χ4n) is 3.39. The molecule has 1 N–H and O–H groups in total. The maximum atomic E-state index is 13.7. The van der Waals surface area contributed by atoms with Crippen molar-refractivity contribution in [2.24, 2.45) is 0 Å². The monoisotopic (exact) mass is 484 g/mol. The van der Waals surface area contributed by atoms with Gasteiger partial charge in [-0.05, 0) is 49.2 Å². The Morgan fingerprint density at radius 2 is 1.73 bits per heavy atom. The van der Waals surface area contributed by atoms with Crippen molar-refractivity contribution in [3.05, 3.63) is 63.6 Å². The topological polar surface area (TPSA) is 41.6 Å². The molecular weight excluding hydrogens is 461 g/mol. The van der Waals surface area contributed by atoms with Crippen LogP contribution in [0.2, 0.25) is 0 Å². The highest BCUT2D eigenvalue weighted by molar-refractivity contribution is 9.10. The molecular formula is C22H24BrF3N2O2. The smallest absolute Gasteiger partial charge is 0.378 e. The van der Waals surface area contributed by atoms with Crippen LogP contribution in [-0.4, -0.2) is 32.2 Å². The van der Waals surface area contributed by atoms with Crippen LogP contribution in [-0.2, 0) is 27.7 Å². The molecule has 0 spiro atoms. The van der Waals surface area contributed by atoms with Crippen LogP contribution in [0, 0.1) is 0 Å². The first-order valence-electron chi connectivity index (χ1n) is 9.66. The number of rotatable bonds is 5. The minimum atomic E-state index is -4.51. The first kappa shape index (κ1) is 22.6. The van der Waals surface area contributed by atoms with E-state index in [0.717, 1.165) is 16.1 Å². The van der Waals surface area contributed by atoms with E-state index in [2.05, 4.69) is 21.2 Å². The van der Waals surface area contributed by atoms with E-state index < -0.39 is 17.2 Å². The summed E-state index contributed by atoms with van der Waals surface area (Å²) in [6.45, 7) is 5.38. The van der Waals surface area contributed by atoms with Crippen LogP contribution in [0.3, 0.4) is 0 Å². The number of anilines is 1. The van der Waals surface area contributed by atoms with E-state index in [1.807, 2.05) is 29.2 Å². The molecule has 0 unspecified atom stereocenters. The average Bonchev–Trinajstić information content (AvgIpc) is 2.72. The van der Waals surface area contributed by atoms with Crippen LogP contribution in [0.5, 0.6) is 0 Å². The van der Waals surface area contributed by atoms with E-state index in [1.165, 1.54) is 6.07 Å². The molecule has 2 aromatic rings. The summed E-state index contributed by atoms with van der Waals surface area (Å²) in [4.78, 5) is 14.6. The number of carbonyl (C=O) groups is 1. The number of nitrogens with zero attached hydrogens (tertiary/aromatic N) is 1. The SMILES string of the molecule is CC(C)(C(=O)NCc1ccc(N2CCOCC2)cc1C(F)(F)F)c1ccc(Br)cc1. The Bertz CT molecular complexity index is 892. The van der Waals surface area contributed by atoms with Crippen LogP contribution in [0.15, 0.2) is 46.9 Å². The summed E-state index contributed by atoms with van der Waals surface area (Å²) in [5.41, 5.74) is -0.280. The molecule has 0 bridgehead atoms. The molecule has 30 heavy (non-hydrogen) atoms. The number of amides is 1. The first-order valence-corrected chi connectivity index (χ1v) is 10.5. The number of benzene rings is 2. The standard InChI is InChI=1S/C22H24BrF3N2O2/c1-21(2,16-4-6-17(23)7-5-16)20(29)27-14-15-3-8-18(13-19(15)22(24,25)26)28-9-11-30-12-10-28/h3-8,13H,9-12,14H2,1-2H3,(H,27,29). The molecule has 162 valence electrons. The van der Waals surface area contributed by atoms with Crippen molar-refractivity contribution in [3.63, 3.8) is 0 Å². The second-order valence-corrected chi connectivity index (χ2v) is 8.67. The third-order valence-corrected chi connectivity index (χ3v) is 5.88. The zero-order chi connectivity index (χ0) is 21.9. The van der Waals surface area contributed by atoms with Gasteiger partial charge in [0, 0.05) is 29.8 Å². The predicted octanol–water partition coefficient (Wildman–Crippen LogP) is 4.90. The number of hydrogen-bond donors (Lipinski definition) is 1. The minimum Gasteiger partial charge on any atom is -0.378 e. The van der Waals surface area contributed by atoms with Gasteiger partial charge in [-0.1, -0.05) is 34.1 Å². The van der Waals surface area contributed by atoms with Gasteiger partial charge in [-0.2, -0.15) is 13.2 Å². The van der Waals surface area contributed by atoms with Crippen molar-refractivity contribution in [2.45, 2.75) is 32.0 Å². The van der Waals surface area contributed by atoms with E-state index >= 15 is 0 Å². The molecule has 1 saturated heterocycles. The maximum Gasteiger partial charge on any atom is 0.416 e. The summed E-state index contributed by atoms with van der Waals surface area (Å²) in [7, 11) is 0. The number of alkyl halides is 3. The molecule has 0 atom stereocenters. The van der Waals surface area contributed by atoms with Crippen LogP contribution in [0.1, 0.15) is 30.5 Å². The van der Waals surface area contributed by atoms with Gasteiger partial charge in [0.1, 0.15) is 0 Å². The number of nitrogens with one attached hydrogen (secondary N) is 1. The first-order chi connectivity index (χ1) is 14.1. The molecule has 1 fully saturated rings. The highest BCUT2D eigenvalue weighted by Crippen LogP contribution is 2.35. The third-order valence-electron chi connectivity index (χ3n) is 5.35. The lowest BCUT2D eigenvalue weighted by molar-refractivity contribution is -0.138. The summed E-state index contributed by atoms with van der Waals surface area (Å²) < 4.78 is 47.2. The van der Waals surface area contributed by atoms with Crippen LogP contribution >= 0.6 is 15.9 Å². The molecule has 1 heterocycles. The minimum absolute atomic E-state index is 0.0412. The Morgan fingerprint density at radius 1 is 1.10 bits per heavy atom. The Balaban J connectivity index is 1.78. The Kier molecular flexibility index (Phi) is 6.77. The lowest BCUT2D eigenvalue weighted by Gasteiger charge is -2.30. The van der Waals surface area contributed by atoms with Crippen molar-refractivity contribution >= 4 is 27.5 Å². The highest BCUT2D eigenvalue weighted by atomic mass is 79.9. The number of hydrogen-bond acceptors (Lipinski definition) is 3. The Morgan fingerprint density at radius 3 is 2.33 bits per heavy atom. The fourth-order valence-corrected chi connectivity index (χ4v) is 3.66. The van der Waals surface area contributed by atoms with E-state index in [4.69, 9.17) is 4.74 Å². The number of ether oxygens (including phenoxy) is 1. The second-order valence-electron chi connectivity index (χ2n) is 7.75. The van der Waals surface area contributed by atoms with Crippen molar-refractivity contribution in [1.82, 2.24) is 5.32 Å². The summed E-state index contributed by atoms with van der Waals surface area (Å²) >= 11 is 3.35. The summed E-state index contributed by atoms with van der Waals surface area (Å²) in [6, 6.07) is 11.6. The maximum absolute atomic E-state index is 13.7. The quantitative estimate of drug-likeness (QED) is 0.656. The molecule has 1 amide bonds. The average molecular weight is 485 g/mol. The zero-order valence-electron chi connectivity index (χ0n) is 16.9. The summed E-state index contributed by atoms with van der Waals surface area (Å²) in [5.74, 6) is -0.338. The van der Waals surface area contributed by atoms with E-state index in [-0.39, 0.29) is 18.0 Å². The molecule has 1 aliphatic rings. The molecule has 0 radical (unpaired) electrons. The van der Waals surface area contributed by atoms with E-state index in [0.29, 0.717) is 32.0 Å². The van der Waals surface area contributed by atoms with Crippen molar-refractivity contribution in [2.75, 3.05) is 31.2 Å². The van der Waals surface area contributed by atoms with Crippen LogP contribution < -0.4 is 10.2 Å². The van der Waals surface area contributed by atoms with Gasteiger partial charge in [0.25, 0.3) is 0 Å². The van der Waals surface area contributed by atoms with Gasteiger partial charge in [-0.3, -0.25) is 4.79 Å². The largest absolute Gasteiger partial charge is 0.416 e. The van der Waals surface area contributed by atoms with Gasteiger partial charge in [0.15, 0.2) is 0 Å².